The summed E-state index contributed by atoms with van der Waals surface area (Å²) in [5.74, 6) is 1.42. The van der Waals surface area contributed by atoms with E-state index in [0.29, 0.717) is 27.5 Å². The molecule has 6 nitrogen and oxygen atoms in total. The topological polar surface area (TPSA) is 73.2 Å². The molecular formula is C23H19N3O3S. The number of hydrogen-bond acceptors (Lipinski definition) is 5. The maximum absolute atomic E-state index is 13.2. The van der Waals surface area contributed by atoms with Crippen molar-refractivity contribution in [1.29, 1.82) is 0 Å². The Hall–Kier alpha value is -3.58. The number of hydrogen-bond donors (Lipinski definition) is 1. The van der Waals surface area contributed by atoms with E-state index in [0.717, 1.165) is 5.75 Å². The van der Waals surface area contributed by atoms with Gasteiger partial charge in [-0.15, -0.1) is 0 Å². The number of thioether (sulfide) groups is 1. The number of rotatable bonds is 6. The number of carbonyl (C=O) groups is 1. The molecular weight excluding hydrogens is 398 g/mol. The first-order valence-electron chi connectivity index (χ1n) is 9.34. The molecule has 1 heterocycles. The van der Waals surface area contributed by atoms with Crippen LogP contribution < -0.4 is 15.6 Å². The molecule has 0 spiro atoms. The summed E-state index contributed by atoms with van der Waals surface area (Å²) < 4.78 is 7.36. The van der Waals surface area contributed by atoms with Crippen LogP contribution in [-0.4, -0.2) is 28.3 Å². The largest absolute Gasteiger partial charge is 0.457 e. The Morgan fingerprint density at radius 1 is 0.967 bits per heavy atom. The van der Waals surface area contributed by atoms with Gasteiger partial charge in [0.25, 0.3) is 5.56 Å². The number of para-hydroxylation sites is 2. The number of nitrogens with one attached hydrogen (secondary N) is 1. The van der Waals surface area contributed by atoms with Crippen molar-refractivity contribution in [2.75, 3.05) is 12.8 Å². The van der Waals surface area contributed by atoms with Gasteiger partial charge in [-0.1, -0.05) is 42.1 Å². The molecule has 0 bridgehead atoms. The van der Waals surface area contributed by atoms with E-state index in [-0.39, 0.29) is 17.2 Å². The normalized spacial score (nSPS) is 10.7. The highest BCUT2D eigenvalue weighted by atomic mass is 32.2. The summed E-state index contributed by atoms with van der Waals surface area (Å²) in [4.78, 5) is 29.6. The van der Waals surface area contributed by atoms with E-state index >= 15 is 0 Å². The third kappa shape index (κ3) is 4.21. The monoisotopic (exact) mass is 417 g/mol. The molecule has 1 N–H and O–H groups in total. The molecule has 3 aromatic carbocycles. The standard InChI is InChI=1S/C23H19N3O3S/c1-24-21(27)15-30-23-25-20-10-6-5-9-19(20)22(28)26(23)16-11-13-18(14-12-16)29-17-7-3-2-4-8-17/h2-14H,15H2,1H3,(H,24,27). The molecule has 0 atom stereocenters. The molecule has 1 aromatic heterocycles. The first kappa shape index (κ1) is 19.7. The van der Waals surface area contributed by atoms with Gasteiger partial charge in [0.05, 0.1) is 22.3 Å². The highest BCUT2D eigenvalue weighted by molar-refractivity contribution is 7.99. The van der Waals surface area contributed by atoms with E-state index in [1.165, 1.54) is 16.3 Å². The number of ether oxygens (including phenoxy) is 1. The Morgan fingerprint density at radius 3 is 2.37 bits per heavy atom. The summed E-state index contributed by atoms with van der Waals surface area (Å²) >= 11 is 1.22. The van der Waals surface area contributed by atoms with Crippen LogP contribution in [0.15, 0.2) is 88.8 Å². The van der Waals surface area contributed by atoms with Crippen LogP contribution in [0.1, 0.15) is 0 Å². The van der Waals surface area contributed by atoms with Gasteiger partial charge in [-0.3, -0.25) is 14.2 Å². The number of aromatic nitrogens is 2. The molecule has 7 heteroatoms. The second kappa shape index (κ2) is 8.84. The van der Waals surface area contributed by atoms with Crippen LogP contribution in [0.5, 0.6) is 11.5 Å². The van der Waals surface area contributed by atoms with Crippen molar-refractivity contribution in [2.45, 2.75) is 5.16 Å². The minimum Gasteiger partial charge on any atom is -0.457 e. The van der Waals surface area contributed by atoms with E-state index in [1.807, 2.05) is 42.5 Å². The SMILES string of the molecule is CNC(=O)CSc1nc2ccccc2c(=O)n1-c1ccc(Oc2ccccc2)cc1. The summed E-state index contributed by atoms with van der Waals surface area (Å²) in [5.41, 5.74) is 1.07. The zero-order valence-corrected chi connectivity index (χ0v) is 17.1. The van der Waals surface area contributed by atoms with Crippen LogP contribution in [0.25, 0.3) is 16.6 Å². The lowest BCUT2D eigenvalue weighted by atomic mass is 10.2. The molecule has 1 amide bonds. The van der Waals surface area contributed by atoms with Gasteiger partial charge in [0.15, 0.2) is 5.16 Å². The van der Waals surface area contributed by atoms with Crippen molar-refractivity contribution >= 4 is 28.6 Å². The highest BCUT2D eigenvalue weighted by Gasteiger charge is 2.14. The molecule has 150 valence electrons. The van der Waals surface area contributed by atoms with Crippen molar-refractivity contribution in [2.24, 2.45) is 0 Å². The van der Waals surface area contributed by atoms with Gasteiger partial charge in [-0.2, -0.15) is 0 Å². The van der Waals surface area contributed by atoms with Crippen LogP contribution >= 0.6 is 11.8 Å². The zero-order valence-electron chi connectivity index (χ0n) is 16.2. The van der Waals surface area contributed by atoms with Gasteiger partial charge < -0.3 is 10.1 Å². The quantitative estimate of drug-likeness (QED) is 0.379. The maximum atomic E-state index is 13.2. The summed E-state index contributed by atoms with van der Waals surface area (Å²) in [6.07, 6.45) is 0. The number of amides is 1. The van der Waals surface area contributed by atoms with E-state index in [9.17, 15) is 9.59 Å². The van der Waals surface area contributed by atoms with Crippen LogP contribution in [0, 0.1) is 0 Å². The Labute approximate surface area is 177 Å². The first-order chi connectivity index (χ1) is 14.7. The first-order valence-corrected chi connectivity index (χ1v) is 10.3. The minimum atomic E-state index is -0.184. The summed E-state index contributed by atoms with van der Waals surface area (Å²) in [7, 11) is 1.58. The fourth-order valence-corrected chi connectivity index (χ4v) is 3.81. The van der Waals surface area contributed by atoms with Gasteiger partial charge >= 0.3 is 0 Å². The molecule has 0 saturated heterocycles. The molecule has 0 fully saturated rings. The summed E-state index contributed by atoms with van der Waals surface area (Å²) in [6, 6.07) is 23.9. The molecule has 0 aliphatic carbocycles. The average molecular weight is 417 g/mol. The third-order valence-corrected chi connectivity index (χ3v) is 5.37. The summed E-state index contributed by atoms with van der Waals surface area (Å²) in [6.45, 7) is 0. The number of nitrogens with zero attached hydrogens (tertiary/aromatic N) is 2. The van der Waals surface area contributed by atoms with Crippen molar-refractivity contribution < 1.29 is 9.53 Å². The molecule has 4 rings (SSSR count). The minimum absolute atomic E-state index is 0.138. The Morgan fingerprint density at radius 2 is 1.63 bits per heavy atom. The van der Waals surface area contributed by atoms with Gasteiger partial charge in [0.1, 0.15) is 11.5 Å². The molecule has 0 aliphatic rings. The van der Waals surface area contributed by atoms with Crippen LogP contribution in [0.2, 0.25) is 0 Å². The van der Waals surface area contributed by atoms with Crippen LogP contribution in [-0.2, 0) is 4.79 Å². The fraction of sp³-hybridized carbons (Fsp3) is 0.0870. The molecule has 0 saturated carbocycles. The molecule has 0 radical (unpaired) electrons. The smallest absolute Gasteiger partial charge is 0.266 e. The molecule has 4 aromatic rings. The van der Waals surface area contributed by atoms with E-state index in [4.69, 9.17) is 4.74 Å². The van der Waals surface area contributed by atoms with E-state index in [2.05, 4.69) is 10.3 Å². The Balaban J connectivity index is 1.73. The van der Waals surface area contributed by atoms with Crippen molar-refractivity contribution in [3.05, 3.63) is 89.2 Å². The van der Waals surface area contributed by atoms with E-state index in [1.54, 1.807) is 43.4 Å². The predicted molar refractivity (Wildman–Crippen MR) is 119 cm³/mol. The van der Waals surface area contributed by atoms with Gasteiger partial charge in [0, 0.05) is 7.05 Å². The average Bonchev–Trinajstić information content (AvgIpc) is 2.79. The van der Waals surface area contributed by atoms with Gasteiger partial charge in [-0.25, -0.2) is 4.98 Å². The third-order valence-electron chi connectivity index (χ3n) is 4.43. The van der Waals surface area contributed by atoms with Gasteiger partial charge in [-0.05, 0) is 48.5 Å². The maximum Gasteiger partial charge on any atom is 0.266 e. The highest BCUT2D eigenvalue weighted by Crippen LogP contribution is 2.25. The Bertz CT molecular complexity index is 1240. The zero-order chi connectivity index (χ0) is 20.9. The number of fused-ring (bicyclic) bond motifs is 1. The van der Waals surface area contributed by atoms with Crippen molar-refractivity contribution in [3.8, 4) is 17.2 Å². The lowest BCUT2D eigenvalue weighted by molar-refractivity contribution is -0.118. The van der Waals surface area contributed by atoms with E-state index < -0.39 is 0 Å². The molecule has 0 aliphatic heterocycles. The predicted octanol–water partition coefficient (Wildman–Crippen LogP) is 4.02. The lowest BCUT2D eigenvalue weighted by Crippen LogP contribution is -2.24. The number of benzene rings is 3. The van der Waals surface area contributed by atoms with Crippen LogP contribution in [0.4, 0.5) is 0 Å². The second-order valence-electron chi connectivity index (χ2n) is 6.42. The van der Waals surface area contributed by atoms with Gasteiger partial charge in [0.2, 0.25) is 5.91 Å². The molecule has 0 unspecified atom stereocenters. The second-order valence-corrected chi connectivity index (χ2v) is 7.37. The molecule has 30 heavy (non-hydrogen) atoms. The summed E-state index contributed by atoms with van der Waals surface area (Å²) in [5, 5.41) is 3.56. The number of carbonyl (C=O) groups excluding carboxylic acids is 1. The van der Waals surface area contributed by atoms with Crippen molar-refractivity contribution in [3.63, 3.8) is 0 Å². The lowest BCUT2D eigenvalue weighted by Gasteiger charge is -2.13. The Kier molecular flexibility index (Phi) is 5.81. The fourth-order valence-electron chi connectivity index (χ4n) is 2.93. The van der Waals surface area contributed by atoms with Crippen LogP contribution in [0.3, 0.4) is 0 Å². The van der Waals surface area contributed by atoms with Crippen molar-refractivity contribution in [1.82, 2.24) is 14.9 Å².